The van der Waals surface area contributed by atoms with Gasteiger partial charge in [0.25, 0.3) is 0 Å². The van der Waals surface area contributed by atoms with E-state index in [0.717, 1.165) is 57.6 Å². The second kappa shape index (κ2) is 6.44. The monoisotopic (exact) mass is 281 g/mol. The maximum absolute atomic E-state index is 12.7. The molecule has 0 aromatic heterocycles. The molecule has 0 radical (unpaired) electrons. The van der Waals surface area contributed by atoms with E-state index in [9.17, 15) is 4.79 Å². The summed E-state index contributed by atoms with van der Waals surface area (Å²) in [6.07, 6.45) is 1.32. The van der Waals surface area contributed by atoms with Gasteiger partial charge in [0.05, 0.1) is 5.41 Å². The molecule has 2 fully saturated rings. The fourth-order valence-corrected chi connectivity index (χ4v) is 3.84. The number of nitrogens with one attached hydrogen (secondary N) is 1. The van der Waals surface area contributed by atoms with Gasteiger partial charge < -0.3 is 15.1 Å². The Bertz CT molecular complexity index is 327. The number of carbonyl (C=O) groups is 1. The minimum atomic E-state index is -0.270. The van der Waals surface area contributed by atoms with Gasteiger partial charge in [0.1, 0.15) is 0 Å². The lowest BCUT2D eigenvalue weighted by atomic mass is 9.86. The predicted octanol–water partition coefficient (Wildman–Crippen LogP) is 1.42. The molecule has 2 saturated heterocycles. The lowest BCUT2D eigenvalue weighted by Crippen LogP contribution is -2.54. The fourth-order valence-electron chi connectivity index (χ4n) is 3.84. The zero-order chi connectivity index (χ0) is 14.8. The molecule has 2 atom stereocenters. The number of piperazine rings is 1. The van der Waals surface area contributed by atoms with Crippen LogP contribution in [0.25, 0.3) is 0 Å². The molecule has 4 heteroatoms. The van der Waals surface area contributed by atoms with Gasteiger partial charge in [-0.05, 0) is 32.1 Å². The average molecular weight is 281 g/mol. The van der Waals surface area contributed by atoms with Crippen LogP contribution in [0.5, 0.6) is 0 Å². The molecule has 0 aromatic rings. The summed E-state index contributed by atoms with van der Waals surface area (Å²) in [4.78, 5) is 17.3. The average Bonchev–Trinajstić information content (AvgIpc) is 2.37. The molecular weight excluding hydrogens is 250 g/mol. The molecular formula is C16H31N3O. The fraction of sp³-hybridized carbons (Fsp3) is 0.938. The van der Waals surface area contributed by atoms with Crippen LogP contribution in [0.15, 0.2) is 0 Å². The maximum Gasteiger partial charge on any atom is 0.229 e. The number of nitrogens with zero attached hydrogens (tertiary/aromatic N) is 2. The van der Waals surface area contributed by atoms with Crippen molar-refractivity contribution in [3.8, 4) is 0 Å². The van der Waals surface area contributed by atoms with E-state index in [2.05, 4.69) is 37.9 Å². The summed E-state index contributed by atoms with van der Waals surface area (Å²) in [5.74, 6) is 1.83. The third-order valence-electron chi connectivity index (χ3n) is 4.55. The molecule has 0 saturated carbocycles. The summed E-state index contributed by atoms with van der Waals surface area (Å²) in [6, 6.07) is 0. The van der Waals surface area contributed by atoms with Gasteiger partial charge in [0, 0.05) is 45.8 Å². The molecule has 0 bridgehead atoms. The zero-order valence-electron chi connectivity index (χ0n) is 13.6. The van der Waals surface area contributed by atoms with Crippen molar-refractivity contribution in [2.45, 2.75) is 34.1 Å². The molecule has 1 N–H and O–H groups in total. The first-order valence-electron chi connectivity index (χ1n) is 8.11. The number of carbonyl (C=O) groups excluding carboxylic acids is 1. The van der Waals surface area contributed by atoms with Crippen molar-refractivity contribution in [3.63, 3.8) is 0 Å². The second-order valence-electron chi connectivity index (χ2n) is 7.57. The van der Waals surface area contributed by atoms with E-state index < -0.39 is 0 Å². The van der Waals surface area contributed by atoms with Crippen LogP contribution >= 0.6 is 0 Å². The third-order valence-corrected chi connectivity index (χ3v) is 4.55. The van der Waals surface area contributed by atoms with Crippen molar-refractivity contribution < 1.29 is 4.79 Å². The largest absolute Gasteiger partial charge is 0.340 e. The second-order valence-corrected chi connectivity index (χ2v) is 7.57. The van der Waals surface area contributed by atoms with E-state index in [0.29, 0.717) is 5.91 Å². The zero-order valence-corrected chi connectivity index (χ0v) is 13.6. The van der Waals surface area contributed by atoms with E-state index in [1.807, 2.05) is 4.90 Å². The maximum atomic E-state index is 12.7. The van der Waals surface area contributed by atoms with Crippen LogP contribution < -0.4 is 5.32 Å². The SMILES string of the molecule is CC1CC(C)CN(CC(C)(C)C(=O)N2CCNCC2)C1. The van der Waals surface area contributed by atoms with E-state index in [4.69, 9.17) is 0 Å². The molecule has 2 aliphatic heterocycles. The van der Waals surface area contributed by atoms with Crippen molar-refractivity contribution in [1.82, 2.24) is 15.1 Å². The van der Waals surface area contributed by atoms with Crippen molar-refractivity contribution in [2.75, 3.05) is 45.8 Å². The lowest BCUT2D eigenvalue weighted by molar-refractivity contribution is -0.142. The van der Waals surface area contributed by atoms with Crippen LogP contribution in [0.3, 0.4) is 0 Å². The van der Waals surface area contributed by atoms with Crippen LogP contribution in [0.2, 0.25) is 0 Å². The smallest absolute Gasteiger partial charge is 0.229 e. The van der Waals surface area contributed by atoms with Crippen LogP contribution in [0.4, 0.5) is 0 Å². The number of hydrogen-bond donors (Lipinski definition) is 1. The normalized spacial score (nSPS) is 29.5. The molecule has 2 unspecified atom stereocenters. The summed E-state index contributed by atoms with van der Waals surface area (Å²) in [6.45, 7) is 15.6. The quantitative estimate of drug-likeness (QED) is 0.850. The summed E-state index contributed by atoms with van der Waals surface area (Å²) < 4.78 is 0. The minimum absolute atomic E-state index is 0.270. The standard InChI is InChI=1S/C16H31N3O/c1-13-9-14(2)11-18(10-13)12-16(3,4)15(20)19-7-5-17-6-8-19/h13-14,17H,5-12H2,1-4H3. The summed E-state index contributed by atoms with van der Waals surface area (Å²) in [5.41, 5.74) is -0.270. The van der Waals surface area contributed by atoms with E-state index in [1.165, 1.54) is 6.42 Å². The third kappa shape index (κ3) is 3.95. The highest BCUT2D eigenvalue weighted by atomic mass is 16.2. The van der Waals surface area contributed by atoms with Crippen LogP contribution in [0.1, 0.15) is 34.1 Å². The number of amides is 1. The Morgan fingerprint density at radius 3 is 2.25 bits per heavy atom. The summed E-state index contributed by atoms with van der Waals surface area (Å²) >= 11 is 0. The molecule has 20 heavy (non-hydrogen) atoms. The summed E-state index contributed by atoms with van der Waals surface area (Å²) in [7, 11) is 0. The van der Waals surface area contributed by atoms with Gasteiger partial charge in [-0.1, -0.05) is 13.8 Å². The molecule has 1 amide bonds. The number of hydrogen-bond acceptors (Lipinski definition) is 3. The van der Waals surface area contributed by atoms with Gasteiger partial charge in [-0.25, -0.2) is 0 Å². The van der Waals surface area contributed by atoms with Crippen molar-refractivity contribution in [2.24, 2.45) is 17.3 Å². The van der Waals surface area contributed by atoms with Gasteiger partial charge in [-0.15, -0.1) is 0 Å². The van der Waals surface area contributed by atoms with Gasteiger partial charge in [-0.3, -0.25) is 4.79 Å². The molecule has 2 aliphatic rings. The summed E-state index contributed by atoms with van der Waals surface area (Å²) in [5, 5.41) is 3.31. The Hall–Kier alpha value is -0.610. The van der Waals surface area contributed by atoms with Gasteiger partial charge in [-0.2, -0.15) is 0 Å². The Kier molecular flexibility index (Phi) is 5.08. The molecule has 116 valence electrons. The van der Waals surface area contributed by atoms with Crippen molar-refractivity contribution in [3.05, 3.63) is 0 Å². The predicted molar refractivity (Wildman–Crippen MR) is 82.6 cm³/mol. The van der Waals surface area contributed by atoms with Crippen molar-refractivity contribution >= 4 is 5.91 Å². The van der Waals surface area contributed by atoms with Crippen LogP contribution in [0, 0.1) is 17.3 Å². The highest BCUT2D eigenvalue weighted by Crippen LogP contribution is 2.26. The van der Waals surface area contributed by atoms with E-state index in [-0.39, 0.29) is 5.41 Å². The van der Waals surface area contributed by atoms with E-state index in [1.54, 1.807) is 0 Å². The highest BCUT2D eigenvalue weighted by Gasteiger charge is 2.35. The van der Waals surface area contributed by atoms with Crippen molar-refractivity contribution in [1.29, 1.82) is 0 Å². The van der Waals surface area contributed by atoms with Gasteiger partial charge in [0.15, 0.2) is 0 Å². The lowest BCUT2D eigenvalue weighted by Gasteiger charge is -2.41. The Morgan fingerprint density at radius 2 is 1.70 bits per heavy atom. The Morgan fingerprint density at radius 1 is 1.15 bits per heavy atom. The first-order valence-corrected chi connectivity index (χ1v) is 8.11. The van der Waals surface area contributed by atoms with Gasteiger partial charge >= 0.3 is 0 Å². The molecule has 0 spiro atoms. The topological polar surface area (TPSA) is 35.6 Å². The first kappa shape index (κ1) is 15.8. The van der Waals surface area contributed by atoms with Crippen LogP contribution in [-0.4, -0.2) is 61.5 Å². The molecule has 4 nitrogen and oxygen atoms in total. The molecule has 2 heterocycles. The van der Waals surface area contributed by atoms with E-state index >= 15 is 0 Å². The van der Waals surface area contributed by atoms with Gasteiger partial charge in [0.2, 0.25) is 5.91 Å². The highest BCUT2D eigenvalue weighted by molar-refractivity contribution is 5.82. The van der Waals surface area contributed by atoms with Crippen LogP contribution in [-0.2, 0) is 4.79 Å². The number of likely N-dealkylation sites (tertiary alicyclic amines) is 1. The molecule has 0 aliphatic carbocycles. The minimum Gasteiger partial charge on any atom is -0.340 e. The number of piperidine rings is 1. The molecule has 0 aromatic carbocycles. The first-order chi connectivity index (χ1) is 9.38. The number of rotatable bonds is 3. The molecule has 2 rings (SSSR count). The Balaban J connectivity index is 1.93. The Labute approximate surface area is 123 Å².